The maximum absolute atomic E-state index is 12.1. The van der Waals surface area contributed by atoms with Crippen LogP contribution in [0.2, 0.25) is 0 Å². The molecule has 2 aromatic rings. The number of carbonyl (C=O) groups excluding carboxylic acids is 2. The summed E-state index contributed by atoms with van der Waals surface area (Å²) < 4.78 is 15.0. The van der Waals surface area contributed by atoms with Gasteiger partial charge in [0.05, 0.1) is 29.4 Å². The van der Waals surface area contributed by atoms with Crippen LogP contribution in [0, 0.1) is 10.1 Å². The van der Waals surface area contributed by atoms with Gasteiger partial charge in [-0.05, 0) is 31.2 Å². The van der Waals surface area contributed by atoms with Crippen LogP contribution in [-0.4, -0.2) is 43.7 Å². The van der Waals surface area contributed by atoms with E-state index in [-0.39, 0.29) is 23.0 Å². The maximum Gasteiger partial charge on any atom is 0.338 e. The van der Waals surface area contributed by atoms with Crippen LogP contribution in [0.25, 0.3) is 0 Å². The van der Waals surface area contributed by atoms with E-state index in [4.69, 9.17) is 13.9 Å². The van der Waals surface area contributed by atoms with Crippen molar-refractivity contribution in [2.45, 2.75) is 13.0 Å². The van der Waals surface area contributed by atoms with Gasteiger partial charge in [-0.1, -0.05) is 0 Å². The van der Waals surface area contributed by atoms with Crippen molar-refractivity contribution in [1.82, 2.24) is 5.32 Å². The molecule has 0 bridgehead atoms. The van der Waals surface area contributed by atoms with Crippen molar-refractivity contribution in [1.29, 1.82) is 0 Å². The molecule has 2 N–H and O–H groups in total. The van der Waals surface area contributed by atoms with E-state index in [1.54, 1.807) is 19.1 Å². The molecule has 1 aromatic heterocycles. The van der Waals surface area contributed by atoms with Gasteiger partial charge >= 0.3 is 5.97 Å². The number of carbonyl (C=O) groups is 2. The van der Waals surface area contributed by atoms with Gasteiger partial charge in [0.15, 0.2) is 6.61 Å². The summed E-state index contributed by atoms with van der Waals surface area (Å²) >= 11 is 0. The first-order valence-electron chi connectivity index (χ1n) is 8.43. The van der Waals surface area contributed by atoms with Crippen LogP contribution >= 0.6 is 0 Å². The fourth-order valence-corrected chi connectivity index (χ4v) is 2.35. The van der Waals surface area contributed by atoms with E-state index in [2.05, 4.69) is 10.6 Å². The number of hydrogen-bond donors (Lipinski definition) is 2. The van der Waals surface area contributed by atoms with Crippen molar-refractivity contribution >= 4 is 23.3 Å². The lowest BCUT2D eigenvalue weighted by atomic mass is 10.1. The van der Waals surface area contributed by atoms with Crippen molar-refractivity contribution in [3.8, 4) is 0 Å². The van der Waals surface area contributed by atoms with Crippen LogP contribution in [0.1, 0.15) is 29.1 Å². The number of methoxy groups -OCH3 is 1. The Morgan fingerprint density at radius 2 is 2.11 bits per heavy atom. The molecule has 28 heavy (non-hydrogen) atoms. The van der Waals surface area contributed by atoms with Crippen LogP contribution in [-0.2, 0) is 14.3 Å². The van der Waals surface area contributed by atoms with Crippen molar-refractivity contribution < 1.29 is 28.4 Å². The highest BCUT2D eigenvalue weighted by atomic mass is 16.6. The van der Waals surface area contributed by atoms with Gasteiger partial charge in [0.1, 0.15) is 11.4 Å². The third-order valence-electron chi connectivity index (χ3n) is 3.73. The van der Waals surface area contributed by atoms with E-state index in [1.807, 2.05) is 0 Å². The number of rotatable bonds is 10. The van der Waals surface area contributed by atoms with Gasteiger partial charge in [-0.2, -0.15) is 0 Å². The van der Waals surface area contributed by atoms with E-state index in [0.29, 0.717) is 18.9 Å². The lowest BCUT2D eigenvalue weighted by Gasteiger charge is -2.12. The first-order chi connectivity index (χ1) is 13.4. The Hall–Kier alpha value is -3.40. The van der Waals surface area contributed by atoms with Gasteiger partial charge in [-0.3, -0.25) is 14.9 Å². The zero-order valence-corrected chi connectivity index (χ0v) is 15.5. The molecule has 0 aliphatic rings. The Bertz CT molecular complexity index is 821. The Morgan fingerprint density at radius 3 is 2.75 bits per heavy atom. The van der Waals surface area contributed by atoms with E-state index in [0.717, 1.165) is 6.07 Å². The number of nitro groups is 1. The summed E-state index contributed by atoms with van der Waals surface area (Å²) in [7, 11) is 1.51. The number of nitro benzene ring substituents is 1. The van der Waals surface area contributed by atoms with Gasteiger partial charge in [0, 0.05) is 19.7 Å². The third-order valence-corrected chi connectivity index (χ3v) is 3.73. The summed E-state index contributed by atoms with van der Waals surface area (Å²) in [6.07, 6.45) is 1.48. The van der Waals surface area contributed by atoms with Gasteiger partial charge in [-0.15, -0.1) is 0 Å². The summed E-state index contributed by atoms with van der Waals surface area (Å²) in [5, 5.41) is 16.7. The fraction of sp³-hybridized carbons (Fsp3) is 0.333. The molecule has 0 aliphatic carbocycles. The molecule has 0 radical (unpaired) electrons. The Kier molecular flexibility index (Phi) is 7.52. The number of hydrogen-bond acceptors (Lipinski definition) is 8. The highest BCUT2D eigenvalue weighted by molar-refractivity contribution is 5.93. The Balaban J connectivity index is 1.94. The molecule has 1 aromatic carbocycles. The standard InChI is InChI=1S/C18H21N3O7/c1-12(16-4-3-8-27-16)20-17(22)11-28-18(23)13-5-6-14(19-7-9-26-2)15(10-13)21(24)25/h3-6,8,10,12,19H,7,9,11H2,1-2H3,(H,20,22)/t12-/m0/s1. The van der Waals surface area contributed by atoms with Gasteiger partial charge in [0.2, 0.25) is 0 Å². The second-order valence-corrected chi connectivity index (χ2v) is 5.79. The minimum atomic E-state index is -0.840. The van der Waals surface area contributed by atoms with Crippen LogP contribution < -0.4 is 10.6 Å². The Labute approximate surface area is 161 Å². The largest absolute Gasteiger partial charge is 0.467 e. The molecule has 0 fully saturated rings. The summed E-state index contributed by atoms with van der Waals surface area (Å²) in [4.78, 5) is 34.7. The zero-order valence-electron chi connectivity index (χ0n) is 15.5. The number of ether oxygens (including phenoxy) is 2. The molecule has 150 valence electrons. The smallest absolute Gasteiger partial charge is 0.338 e. The van der Waals surface area contributed by atoms with E-state index in [1.165, 1.54) is 25.5 Å². The summed E-state index contributed by atoms with van der Waals surface area (Å²) in [6, 6.07) is 6.90. The Morgan fingerprint density at radius 1 is 1.32 bits per heavy atom. The molecule has 0 spiro atoms. The highest BCUT2D eigenvalue weighted by Gasteiger charge is 2.19. The van der Waals surface area contributed by atoms with E-state index >= 15 is 0 Å². The average Bonchev–Trinajstić information content (AvgIpc) is 3.21. The number of amides is 1. The van der Waals surface area contributed by atoms with Crippen molar-refractivity contribution in [2.75, 3.05) is 32.2 Å². The predicted octanol–water partition coefficient (Wildman–Crippen LogP) is 2.28. The van der Waals surface area contributed by atoms with Gasteiger partial charge in [-0.25, -0.2) is 4.79 Å². The van der Waals surface area contributed by atoms with Crippen molar-refractivity contribution in [3.05, 3.63) is 58.0 Å². The second kappa shape index (κ2) is 10.1. The van der Waals surface area contributed by atoms with E-state index < -0.39 is 23.4 Å². The van der Waals surface area contributed by atoms with Crippen molar-refractivity contribution in [2.24, 2.45) is 0 Å². The number of benzene rings is 1. The first-order valence-corrected chi connectivity index (χ1v) is 8.43. The summed E-state index contributed by atoms with van der Waals surface area (Å²) in [6.45, 7) is 1.93. The quantitative estimate of drug-likeness (QED) is 0.273. The summed E-state index contributed by atoms with van der Waals surface area (Å²) in [5.74, 6) is -0.802. The molecule has 0 saturated carbocycles. The molecular formula is C18H21N3O7. The highest BCUT2D eigenvalue weighted by Crippen LogP contribution is 2.25. The van der Waals surface area contributed by atoms with Crippen LogP contribution in [0.15, 0.2) is 41.0 Å². The molecule has 2 rings (SSSR count). The number of furan rings is 1. The van der Waals surface area contributed by atoms with Crippen LogP contribution in [0.4, 0.5) is 11.4 Å². The second-order valence-electron chi connectivity index (χ2n) is 5.79. The lowest BCUT2D eigenvalue weighted by Crippen LogP contribution is -2.31. The molecule has 0 unspecified atom stereocenters. The molecule has 0 saturated heterocycles. The normalized spacial score (nSPS) is 11.5. The average molecular weight is 391 g/mol. The molecule has 1 atom stereocenters. The fourth-order valence-electron chi connectivity index (χ4n) is 2.35. The minimum absolute atomic E-state index is 0.0316. The summed E-state index contributed by atoms with van der Waals surface area (Å²) in [5.41, 5.74) is -0.0547. The SMILES string of the molecule is COCCNc1ccc(C(=O)OCC(=O)N[C@@H](C)c2ccco2)cc1[N+](=O)[O-]. The first kappa shape index (κ1) is 20.9. The monoisotopic (exact) mass is 391 g/mol. The minimum Gasteiger partial charge on any atom is -0.467 e. The molecule has 0 aliphatic heterocycles. The van der Waals surface area contributed by atoms with E-state index in [9.17, 15) is 19.7 Å². The number of nitrogens with zero attached hydrogens (tertiary/aromatic N) is 1. The lowest BCUT2D eigenvalue weighted by molar-refractivity contribution is -0.384. The number of anilines is 1. The van der Waals surface area contributed by atoms with Crippen molar-refractivity contribution in [3.63, 3.8) is 0 Å². The predicted molar refractivity (Wildman–Crippen MR) is 99.0 cm³/mol. The van der Waals surface area contributed by atoms with Gasteiger partial charge in [0.25, 0.3) is 11.6 Å². The zero-order chi connectivity index (χ0) is 20.5. The van der Waals surface area contributed by atoms with Gasteiger partial charge < -0.3 is 24.5 Å². The molecule has 1 heterocycles. The van der Waals surface area contributed by atoms with Crippen LogP contribution in [0.3, 0.4) is 0 Å². The molecular weight excluding hydrogens is 370 g/mol. The third kappa shape index (κ3) is 5.81. The van der Waals surface area contributed by atoms with Crippen LogP contribution in [0.5, 0.6) is 0 Å². The molecule has 1 amide bonds. The maximum atomic E-state index is 12.1. The number of nitrogens with one attached hydrogen (secondary N) is 2. The molecule has 10 nitrogen and oxygen atoms in total. The number of esters is 1. The molecule has 10 heteroatoms. The topological polar surface area (TPSA) is 133 Å².